The lowest BCUT2D eigenvalue weighted by Gasteiger charge is -2.08. The van der Waals surface area contributed by atoms with Crippen LogP contribution in [0.25, 0.3) is 11.3 Å². The van der Waals surface area contributed by atoms with Crippen LogP contribution >= 0.6 is 15.9 Å². The fraction of sp³-hybridized carbons (Fsp3) is 0.0909. The summed E-state index contributed by atoms with van der Waals surface area (Å²) in [5.74, 6) is -4.43. The zero-order valence-electron chi connectivity index (χ0n) is 9.41. The molecule has 0 amide bonds. The van der Waals surface area contributed by atoms with E-state index in [2.05, 4.69) is 25.6 Å². The van der Waals surface area contributed by atoms with Gasteiger partial charge in [0, 0.05) is 6.07 Å². The maximum atomic E-state index is 13.7. The van der Waals surface area contributed by atoms with Crippen LogP contribution in [0, 0.1) is 11.6 Å². The van der Waals surface area contributed by atoms with E-state index in [4.69, 9.17) is 9.84 Å². The van der Waals surface area contributed by atoms with E-state index in [9.17, 15) is 13.6 Å². The van der Waals surface area contributed by atoms with Crippen LogP contribution < -0.4 is 4.74 Å². The van der Waals surface area contributed by atoms with Gasteiger partial charge in [0.25, 0.3) is 0 Å². The van der Waals surface area contributed by atoms with E-state index in [-0.39, 0.29) is 21.5 Å². The second-order valence-electron chi connectivity index (χ2n) is 3.45. The summed E-state index contributed by atoms with van der Waals surface area (Å²) in [6.07, 6.45) is 0. The molecule has 100 valence electrons. The molecule has 0 aliphatic rings. The fourth-order valence-corrected chi connectivity index (χ4v) is 1.87. The molecule has 8 heteroatoms. The molecule has 0 saturated carbocycles. The van der Waals surface area contributed by atoms with Crippen molar-refractivity contribution in [2.24, 2.45) is 0 Å². The number of benzene rings is 1. The van der Waals surface area contributed by atoms with Gasteiger partial charge in [0.1, 0.15) is 5.69 Å². The Kier molecular flexibility index (Phi) is 3.52. The third-order valence-electron chi connectivity index (χ3n) is 2.32. The summed E-state index contributed by atoms with van der Waals surface area (Å²) in [7, 11) is 1.16. The molecule has 2 aromatic rings. The zero-order chi connectivity index (χ0) is 14.2. The Labute approximate surface area is 113 Å². The highest BCUT2D eigenvalue weighted by Crippen LogP contribution is 2.37. The first-order chi connectivity index (χ1) is 8.95. The van der Waals surface area contributed by atoms with Crippen molar-refractivity contribution in [2.75, 3.05) is 7.11 Å². The predicted molar refractivity (Wildman–Crippen MR) is 63.1 cm³/mol. The number of halogens is 3. The van der Waals surface area contributed by atoms with Gasteiger partial charge < -0.3 is 14.4 Å². The first kappa shape index (κ1) is 13.5. The van der Waals surface area contributed by atoms with Crippen molar-refractivity contribution in [3.05, 3.63) is 34.0 Å². The fourth-order valence-electron chi connectivity index (χ4n) is 1.47. The van der Waals surface area contributed by atoms with Crippen LogP contribution in [-0.2, 0) is 0 Å². The summed E-state index contributed by atoms with van der Waals surface area (Å²) >= 11 is 2.85. The second-order valence-corrected chi connectivity index (χ2v) is 4.30. The number of rotatable bonds is 3. The third-order valence-corrected chi connectivity index (χ3v) is 2.90. The van der Waals surface area contributed by atoms with Crippen molar-refractivity contribution in [1.29, 1.82) is 0 Å². The number of carbonyl (C=O) groups is 1. The lowest BCUT2D eigenvalue weighted by molar-refractivity contribution is 0.0652. The second kappa shape index (κ2) is 4.96. The van der Waals surface area contributed by atoms with Gasteiger partial charge >= 0.3 is 5.97 Å². The van der Waals surface area contributed by atoms with E-state index < -0.39 is 23.4 Å². The maximum Gasteiger partial charge on any atom is 0.374 e. The van der Waals surface area contributed by atoms with E-state index in [0.29, 0.717) is 0 Å². The molecule has 0 spiro atoms. The molecule has 0 aliphatic heterocycles. The SMILES string of the molecule is COc1c(-c2cc(C(=O)O)on2)cc(Br)c(F)c1F. The van der Waals surface area contributed by atoms with Crippen molar-refractivity contribution >= 4 is 21.9 Å². The lowest BCUT2D eigenvalue weighted by atomic mass is 10.1. The molecule has 1 aromatic heterocycles. The average Bonchev–Trinajstić information content (AvgIpc) is 2.85. The Morgan fingerprint density at radius 3 is 2.63 bits per heavy atom. The van der Waals surface area contributed by atoms with Gasteiger partial charge in [-0.05, 0) is 22.0 Å². The largest absolute Gasteiger partial charge is 0.493 e. The zero-order valence-corrected chi connectivity index (χ0v) is 11.0. The Hall–Kier alpha value is -1.96. The Balaban J connectivity index is 2.63. The van der Waals surface area contributed by atoms with E-state index in [0.717, 1.165) is 13.2 Å². The van der Waals surface area contributed by atoms with Gasteiger partial charge in [0.2, 0.25) is 11.6 Å². The molecule has 1 heterocycles. The monoisotopic (exact) mass is 333 g/mol. The highest BCUT2D eigenvalue weighted by Gasteiger charge is 2.22. The molecule has 0 radical (unpaired) electrons. The first-order valence-corrected chi connectivity index (χ1v) is 5.67. The van der Waals surface area contributed by atoms with Crippen LogP contribution in [0.5, 0.6) is 5.75 Å². The van der Waals surface area contributed by atoms with Crippen LogP contribution in [0.4, 0.5) is 8.78 Å². The quantitative estimate of drug-likeness (QED) is 0.874. The van der Waals surface area contributed by atoms with Crippen molar-refractivity contribution in [3.8, 4) is 17.0 Å². The smallest absolute Gasteiger partial charge is 0.374 e. The van der Waals surface area contributed by atoms with E-state index >= 15 is 0 Å². The highest BCUT2D eigenvalue weighted by atomic mass is 79.9. The van der Waals surface area contributed by atoms with Gasteiger partial charge in [-0.2, -0.15) is 4.39 Å². The molecule has 5 nitrogen and oxygen atoms in total. The number of carboxylic acids is 1. The number of hydrogen-bond donors (Lipinski definition) is 1. The van der Waals surface area contributed by atoms with Crippen molar-refractivity contribution in [2.45, 2.75) is 0 Å². The van der Waals surface area contributed by atoms with Crippen LogP contribution in [0.15, 0.2) is 21.1 Å². The molecule has 0 aliphatic carbocycles. The average molecular weight is 334 g/mol. The number of methoxy groups -OCH3 is 1. The standard InChI is InChI=1S/C11H6BrF2NO4/c1-18-10-4(2-5(12)8(13)9(10)14)6-3-7(11(16)17)19-15-6/h2-3H,1H3,(H,16,17). The van der Waals surface area contributed by atoms with Crippen molar-refractivity contribution < 1.29 is 27.9 Å². The van der Waals surface area contributed by atoms with Gasteiger partial charge in [-0.3, -0.25) is 0 Å². The molecule has 0 bridgehead atoms. The van der Waals surface area contributed by atoms with Crippen molar-refractivity contribution in [3.63, 3.8) is 0 Å². The van der Waals surface area contributed by atoms with Gasteiger partial charge in [-0.25, -0.2) is 9.18 Å². The highest BCUT2D eigenvalue weighted by molar-refractivity contribution is 9.10. The van der Waals surface area contributed by atoms with Crippen LogP contribution in [-0.4, -0.2) is 23.3 Å². The predicted octanol–water partition coefficient (Wildman–Crippen LogP) is 3.09. The summed E-state index contributed by atoms with van der Waals surface area (Å²) in [4.78, 5) is 10.7. The summed E-state index contributed by atoms with van der Waals surface area (Å²) in [6.45, 7) is 0. The first-order valence-electron chi connectivity index (χ1n) is 4.87. The van der Waals surface area contributed by atoms with E-state index in [1.165, 1.54) is 6.07 Å². The van der Waals surface area contributed by atoms with Crippen molar-refractivity contribution in [1.82, 2.24) is 5.16 Å². The molecule has 0 atom stereocenters. The Bertz CT molecular complexity index is 656. The number of aromatic nitrogens is 1. The number of nitrogens with zero attached hydrogens (tertiary/aromatic N) is 1. The molecule has 1 N–H and O–H groups in total. The van der Waals surface area contributed by atoms with E-state index in [1.807, 2.05) is 0 Å². The molecule has 1 aromatic carbocycles. The molecule has 0 unspecified atom stereocenters. The van der Waals surface area contributed by atoms with Crippen LogP contribution in [0.2, 0.25) is 0 Å². The lowest BCUT2D eigenvalue weighted by Crippen LogP contribution is -1.97. The van der Waals surface area contributed by atoms with Gasteiger partial charge in [-0.15, -0.1) is 0 Å². The number of aromatic carboxylic acids is 1. The molecule has 0 saturated heterocycles. The summed E-state index contributed by atoms with van der Waals surface area (Å²) in [5.41, 5.74) is 0.0957. The Morgan fingerprint density at radius 2 is 2.11 bits per heavy atom. The topological polar surface area (TPSA) is 72.6 Å². The van der Waals surface area contributed by atoms with Gasteiger partial charge in [0.15, 0.2) is 11.6 Å². The molecular weight excluding hydrogens is 328 g/mol. The maximum absolute atomic E-state index is 13.7. The summed E-state index contributed by atoms with van der Waals surface area (Å²) in [5, 5.41) is 12.2. The number of ether oxygens (including phenoxy) is 1. The van der Waals surface area contributed by atoms with Gasteiger partial charge in [-0.1, -0.05) is 5.16 Å². The summed E-state index contributed by atoms with van der Waals surface area (Å²) < 4.78 is 36.2. The number of hydrogen-bond acceptors (Lipinski definition) is 4. The Morgan fingerprint density at radius 1 is 1.42 bits per heavy atom. The molecule has 0 fully saturated rings. The minimum absolute atomic E-state index is 0.0221. The van der Waals surface area contributed by atoms with Gasteiger partial charge in [0.05, 0.1) is 17.1 Å². The normalized spacial score (nSPS) is 10.5. The minimum Gasteiger partial charge on any atom is -0.493 e. The van der Waals surface area contributed by atoms with Crippen LogP contribution in [0.3, 0.4) is 0 Å². The van der Waals surface area contributed by atoms with Crippen LogP contribution in [0.1, 0.15) is 10.6 Å². The summed E-state index contributed by atoms with van der Waals surface area (Å²) in [6, 6.07) is 2.31. The minimum atomic E-state index is -1.32. The number of carboxylic acid groups (broad SMARTS) is 1. The third kappa shape index (κ3) is 2.30. The molecular formula is C11H6BrF2NO4. The van der Waals surface area contributed by atoms with E-state index in [1.54, 1.807) is 0 Å². The molecule has 19 heavy (non-hydrogen) atoms. The molecule has 2 rings (SSSR count).